The van der Waals surface area contributed by atoms with Gasteiger partial charge in [-0.15, -0.1) is 0 Å². The molecule has 5 saturated carbocycles. The molecule has 0 aromatic heterocycles. The Balaban J connectivity index is 1.26. The number of hydrogen-bond donors (Lipinski definition) is 7. The minimum absolute atomic E-state index is 0.0225. The molecule has 17 atom stereocenters. The van der Waals surface area contributed by atoms with Crippen LogP contribution in [0.4, 0.5) is 0 Å². The topological polar surface area (TPSA) is 169 Å². The summed E-state index contributed by atoms with van der Waals surface area (Å²) < 4.78 is 19.4. The van der Waals surface area contributed by atoms with Crippen LogP contribution in [0, 0.1) is 44.8 Å². The highest BCUT2D eigenvalue weighted by Crippen LogP contribution is 2.89. The van der Waals surface area contributed by atoms with Gasteiger partial charge in [0.15, 0.2) is 6.29 Å². The molecule has 10 heteroatoms. The molecule has 0 amide bonds. The number of rotatable bonds is 5. The Hall–Kier alpha value is -0.400. The third-order valence-corrected chi connectivity index (χ3v) is 15.9. The molecule has 0 radical (unpaired) electrons. The van der Waals surface area contributed by atoms with Crippen LogP contribution >= 0.6 is 0 Å². The van der Waals surface area contributed by atoms with Crippen LogP contribution < -0.4 is 0 Å². The Morgan fingerprint density at radius 3 is 2.13 bits per heavy atom. The van der Waals surface area contributed by atoms with Gasteiger partial charge in [-0.1, -0.05) is 27.7 Å². The molecular formula is C36H60O10. The summed E-state index contributed by atoms with van der Waals surface area (Å²) in [6, 6.07) is 0. The second-order valence-electron chi connectivity index (χ2n) is 18.7. The van der Waals surface area contributed by atoms with Crippen LogP contribution in [-0.4, -0.2) is 109 Å². The highest BCUT2D eigenvalue weighted by atomic mass is 16.7. The van der Waals surface area contributed by atoms with Crippen LogP contribution in [0.2, 0.25) is 0 Å². The molecule has 2 aliphatic heterocycles. The molecule has 7 N–H and O–H groups in total. The Labute approximate surface area is 273 Å². The minimum atomic E-state index is -1.53. The molecule has 2 saturated heterocycles. The molecule has 0 aromatic carbocycles. The lowest BCUT2D eigenvalue weighted by Crippen LogP contribution is -2.64. The van der Waals surface area contributed by atoms with Gasteiger partial charge in [0.25, 0.3) is 0 Å². The number of ether oxygens (including phenoxy) is 3. The fraction of sp³-hybridized carbons (Fsp3) is 1.00. The van der Waals surface area contributed by atoms with Crippen LogP contribution in [0.1, 0.15) is 106 Å². The van der Waals surface area contributed by atoms with Gasteiger partial charge in [-0.3, -0.25) is 0 Å². The van der Waals surface area contributed by atoms with E-state index >= 15 is 0 Å². The summed E-state index contributed by atoms with van der Waals surface area (Å²) in [6.45, 7) is 14.2. The van der Waals surface area contributed by atoms with E-state index < -0.39 is 72.2 Å². The summed E-state index contributed by atoms with van der Waals surface area (Å²) in [6.07, 6.45) is -1.07. The van der Waals surface area contributed by atoms with E-state index in [2.05, 4.69) is 34.6 Å². The average Bonchev–Trinajstić information content (AvgIpc) is 3.33. The normalized spacial score (nSPS) is 59.3. The second kappa shape index (κ2) is 10.3. The van der Waals surface area contributed by atoms with Crippen molar-refractivity contribution in [2.45, 2.75) is 173 Å². The van der Waals surface area contributed by atoms with Crippen LogP contribution in [0.5, 0.6) is 0 Å². The smallest absolute Gasteiger partial charge is 0.186 e. The van der Waals surface area contributed by atoms with E-state index in [9.17, 15) is 35.7 Å². The van der Waals surface area contributed by atoms with Crippen molar-refractivity contribution >= 4 is 0 Å². The third-order valence-electron chi connectivity index (χ3n) is 15.9. The third kappa shape index (κ3) is 4.24. The van der Waals surface area contributed by atoms with E-state index in [1.807, 2.05) is 0 Å². The zero-order chi connectivity index (χ0) is 33.6. The first-order valence-electron chi connectivity index (χ1n) is 17.9. The molecule has 2 spiro atoms. The van der Waals surface area contributed by atoms with Gasteiger partial charge in [-0.2, -0.15) is 0 Å². The molecule has 46 heavy (non-hydrogen) atoms. The zero-order valence-electron chi connectivity index (χ0n) is 28.9. The molecule has 7 fully saturated rings. The first-order valence-corrected chi connectivity index (χ1v) is 17.9. The van der Waals surface area contributed by atoms with Gasteiger partial charge in [0.05, 0.1) is 42.2 Å². The van der Waals surface area contributed by atoms with E-state index in [1.54, 1.807) is 13.8 Å². The summed E-state index contributed by atoms with van der Waals surface area (Å²) in [5.74, 6) is 0.0768. The Morgan fingerprint density at radius 1 is 0.804 bits per heavy atom. The highest BCUT2D eigenvalue weighted by molar-refractivity contribution is 5.33. The molecule has 10 nitrogen and oxygen atoms in total. The van der Waals surface area contributed by atoms with Gasteiger partial charge in [0.1, 0.15) is 24.4 Å². The lowest BCUT2D eigenvalue weighted by molar-refractivity contribution is -0.331. The van der Waals surface area contributed by atoms with Crippen molar-refractivity contribution < 1.29 is 50.0 Å². The average molecular weight is 653 g/mol. The minimum Gasteiger partial charge on any atom is -0.394 e. The largest absolute Gasteiger partial charge is 0.394 e. The maximum absolute atomic E-state index is 12.0. The summed E-state index contributed by atoms with van der Waals surface area (Å²) in [5.41, 5.74) is -2.50. The number of fused-ring (bicyclic) bond motifs is 2. The van der Waals surface area contributed by atoms with E-state index in [4.69, 9.17) is 14.2 Å². The quantitative estimate of drug-likeness (QED) is 0.219. The first kappa shape index (κ1) is 34.1. The van der Waals surface area contributed by atoms with Crippen molar-refractivity contribution in [2.24, 2.45) is 44.8 Å². The monoisotopic (exact) mass is 652 g/mol. The summed E-state index contributed by atoms with van der Waals surface area (Å²) >= 11 is 0. The van der Waals surface area contributed by atoms with Crippen molar-refractivity contribution in [2.75, 3.05) is 6.61 Å². The second-order valence-corrected chi connectivity index (χ2v) is 18.7. The van der Waals surface area contributed by atoms with Gasteiger partial charge >= 0.3 is 0 Å². The van der Waals surface area contributed by atoms with Crippen molar-refractivity contribution in [1.82, 2.24) is 0 Å². The number of aliphatic hydroxyl groups excluding tert-OH is 6. The molecule has 7 rings (SSSR count). The molecule has 0 bridgehead atoms. The summed E-state index contributed by atoms with van der Waals surface area (Å²) in [5, 5.41) is 76.2. The van der Waals surface area contributed by atoms with E-state index in [0.717, 1.165) is 38.5 Å². The molecule has 5 aliphatic carbocycles. The van der Waals surface area contributed by atoms with Crippen molar-refractivity contribution in [3.8, 4) is 0 Å². The van der Waals surface area contributed by atoms with E-state index in [1.165, 1.54) is 0 Å². The lowest BCUT2D eigenvalue weighted by atomic mass is 9.41. The molecule has 0 aromatic rings. The van der Waals surface area contributed by atoms with Gasteiger partial charge in [0, 0.05) is 5.92 Å². The standard InChI is InChI=1S/C36H60O10/c1-30(2)22(39)8-11-36-17-35(36)13-12-32(5)27(34(7)10-9-23(46-34)31(3,4)43)18(38)15-33(32,6)21(35)14-19(28(30)36)44-29-26(42)25(41)24(40)20(16-37)45-29/h18-29,37-43H,8-17H2,1-7H3/t18-,19-,20+,21-,22-,23-,24+,25-,26+,27-,28-,29+,32+,33-,34+,35?,36+/m0/s1. The molecule has 1 unspecified atom stereocenters. The summed E-state index contributed by atoms with van der Waals surface area (Å²) in [4.78, 5) is 0. The molecular weight excluding hydrogens is 592 g/mol. The first-order chi connectivity index (χ1) is 21.2. The van der Waals surface area contributed by atoms with Crippen molar-refractivity contribution in [3.63, 3.8) is 0 Å². The van der Waals surface area contributed by atoms with Gasteiger partial charge < -0.3 is 50.0 Å². The molecule has 264 valence electrons. The maximum atomic E-state index is 12.0. The van der Waals surface area contributed by atoms with Crippen LogP contribution in [0.15, 0.2) is 0 Å². The SMILES string of the molecule is CC(C)(O)[C@@H]1CC[C@](C)([C@H]2[C@@H](O)C[C@@]3(C)[C@@H]4C[C@H](O[C@@H]5O[C@H](CO)[C@@H](O)[C@H](O)[C@H]5O)[C@H]5C(C)(C)[C@@H](O)CC[C@@]56CC46CC[C@]23C)O1. The van der Waals surface area contributed by atoms with Gasteiger partial charge in [0.2, 0.25) is 0 Å². The van der Waals surface area contributed by atoms with Gasteiger partial charge in [-0.05, 0) is 117 Å². The van der Waals surface area contributed by atoms with Gasteiger partial charge in [-0.25, -0.2) is 0 Å². The van der Waals surface area contributed by atoms with Crippen molar-refractivity contribution in [1.29, 1.82) is 0 Å². The lowest BCUT2D eigenvalue weighted by Gasteiger charge is -2.65. The predicted octanol–water partition coefficient (Wildman–Crippen LogP) is 2.26. The Bertz CT molecular complexity index is 1200. The number of aliphatic hydroxyl groups is 7. The zero-order valence-corrected chi connectivity index (χ0v) is 28.9. The fourth-order valence-electron chi connectivity index (χ4n) is 13.6. The Kier molecular flexibility index (Phi) is 7.65. The van der Waals surface area contributed by atoms with E-state index in [0.29, 0.717) is 19.3 Å². The number of hydrogen-bond acceptors (Lipinski definition) is 10. The van der Waals surface area contributed by atoms with Crippen LogP contribution in [-0.2, 0) is 14.2 Å². The Morgan fingerprint density at radius 2 is 1.50 bits per heavy atom. The van der Waals surface area contributed by atoms with Crippen molar-refractivity contribution in [3.05, 3.63) is 0 Å². The molecule has 2 heterocycles. The highest BCUT2D eigenvalue weighted by Gasteiger charge is 2.85. The summed E-state index contributed by atoms with van der Waals surface area (Å²) in [7, 11) is 0. The fourth-order valence-corrected chi connectivity index (χ4v) is 13.6. The predicted molar refractivity (Wildman–Crippen MR) is 167 cm³/mol. The van der Waals surface area contributed by atoms with Crippen LogP contribution in [0.3, 0.4) is 0 Å². The van der Waals surface area contributed by atoms with E-state index in [-0.39, 0.29) is 45.5 Å². The maximum Gasteiger partial charge on any atom is 0.186 e. The molecule has 7 aliphatic rings. The van der Waals surface area contributed by atoms with Crippen LogP contribution in [0.25, 0.3) is 0 Å².